The van der Waals surface area contributed by atoms with Crippen molar-refractivity contribution in [1.29, 1.82) is 0 Å². The maximum absolute atomic E-state index is 12.0. The van der Waals surface area contributed by atoms with E-state index in [-0.39, 0.29) is 23.6 Å². The molecule has 0 fully saturated rings. The normalized spacial score (nSPS) is 10.1. The van der Waals surface area contributed by atoms with E-state index in [1.807, 2.05) is 0 Å². The van der Waals surface area contributed by atoms with Crippen molar-refractivity contribution in [3.8, 4) is 0 Å². The van der Waals surface area contributed by atoms with Crippen molar-refractivity contribution in [2.45, 2.75) is 6.54 Å². The summed E-state index contributed by atoms with van der Waals surface area (Å²) in [5.41, 5.74) is 0.292. The third kappa shape index (κ3) is 2.88. The number of rotatable bonds is 5. The highest BCUT2D eigenvalue weighted by molar-refractivity contribution is 5.99. The molecule has 1 aromatic carbocycles. The number of nitro benzene ring substituents is 1. The molecule has 0 aliphatic heterocycles. The van der Waals surface area contributed by atoms with Gasteiger partial charge >= 0.3 is 0 Å². The Labute approximate surface area is 113 Å². The SMILES string of the molecule is CNc1ccc([N+](=O)[O-])c(C(=O)NCc2ncon2)c1. The predicted molar refractivity (Wildman–Crippen MR) is 68.1 cm³/mol. The second-order valence-electron chi connectivity index (χ2n) is 3.77. The molecule has 104 valence electrons. The summed E-state index contributed by atoms with van der Waals surface area (Å²) in [4.78, 5) is 26.1. The van der Waals surface area contributed by atoms with E-state index in [9.17, 15) is 14.9 Å². The second-order valence-corrected chi connectivity index (χ2v) is 3.77. The highest BCUT2D eigenvalue weighted by atomic mass is 16.6. The lowest BCUT2D eigenvalue weighted by atomic mass is 10.1. The molecule has 0 saturated heterocycles. The summed E-state index contributed by atoms with van der Waals surface area (Å²) < 4.78 is 4.52. The Bertz CT molecular complexity index is 626. The largest absolute Gasteiger partial charge is 0.388 e. The van der Waals surface area contributed by atoms with E-state index in [0.29, 0.717) is 5.69 Å². The molecular weight excluding hydrogens is 266 g/mol. The summed E-state index contributed by atoms with van der Waals surface area (Å²) >= 11 is 0. The van der Waals surface area contributed by atoms with Crippen LogP contribution in [0, 0.1) is 10.1 Å². The van der Waals surface area contributed by atoms with Crippen LogP contribution in [0.1, 0.15) is 16.2 Å². The third-order valence-electron chi connectivity index (χ3n) is 2.54. The summed E-state index contributed by atoms with van der Waals surface area (Å²) in [6, 6.07) is 4.20. The highest BCUT2D eigenvalue weighted by Gasteiger charge is 2.20. The minimum atomic E-state index is -0.608. The number of amides is 1. The molecule has 2 aromatic rings. The Kier molecular flexibility index (Phi) is 3.89. The van der Waals surface area contributed by atoms with Crippen molar-refractivity contribution in [2.75, 3.05) is 12.4 Å². The molecule has 20 heavy (non-hydrogen) atoms. The monoisotopic (exact) mass is 277 g/mol. The number of nitro groups is 1. The summed E-state index contributed by atoms with van der Waals surface area (Å²) in [5, 5.41) is 19.8. The zero-order valence-corrected chi connectivity index (χ0v) is 10.5. The quantitative estimate of drug-likeness (QED) is 0.615. The molecule has 0 atom stereocenters. The van der Waals surface area contributed by atoms with Crippen molar-refractivity contribution in [2.24, 2.45) is 0 Å². The number of aromatic nitrogens is 2. The molecule has 0 unspecified atom stereocenters. The van der Waals surface area contributed by atoms with Crippen LogP contribution in [0.4, 0.5) is 11.4 Å². The smallest absolute Gasteiger partial charge is 0.282 e. The van der Waals surface area contributed by atoms with Crippen molar-refractivity contribution in [3.63, 3.8) is 0 Å². The number of carbonyl (C=O) groups is 1. The standard InChI is InChI=1S/C11H11N5O4/c1-12-7-2-3-9(16(18)19)8(4-7)11(17)13-5-10-14-6-20-15-10/h2-4,6,12H,5H2,1H3,(H,13,17). The molecule has 0 aliphatic rings. The van der Waals surface area contributed by atoms with E-state index < -0.39 is 10.8 Å². The van der Waals surface area contributed by atoms with Gasteiger partial charge in [-0.15, -0.1) is 0 Å². The van der Waals surface area contributed by atoms with Gasteiger partial charge in [0.2, 0.25) is 6.39 Å². The molecule has 0 saturated carbocycles. The van der Waals surface area contributed by atoms with Crippen LogP contribution in [0.15, 0.2) is 29.1 Å². The van der Waals surface area contributed by atoms with Crippen molar-refractivity contribution in [1.82, 2.24) is 15.5 Å². The molecule has 2 N–H and O–H groups in total. The van der Waals surface area contributed by atoms with Crippen LogP contribution in [0.3, 0.4) is 0 Å². The van der Waals surface area contributed by atoms with Gasteiger partial charge in [-0.05, 0) is 12.1 Å². The van der Waals surface area contributed by atoms with Gasteiger partial charge in [0.1, 0.15) is 5.56 Å². The number of hydrogen-bond acceptors (Lipinski definition) is 7. The van der Waals surface area contributed by atoms with Gasteiger partial charge in [0.05, 0.1) is 11.5 Å². The number of nitrogens with one attached hydrogen (secondary N) is 2. The maximum Gasteiger partial charge on any atom is 0.282 e. The zero-order chi connectivity index (χ0) is 14.5. The van der Waals surface area contributed by atoms with Crippen LogP contribution in [-0.4, -0.2) is 28.0 Å². The second kappa shape index (κ2) is 5.78. The van der Waals surface area contributed by atoms with E-state index in [2.05, 4.69) is 25.3 Å². The molecule has 9 heteroatoms. The first-order valence-electron chi connectivity index (χ1n) is 5.61. The van der Waals surface area contributed by atoms with Crippen LogP contribution < -0.4 is 10.6 Å². The van der Waals surface area contributed by atoms with E-state index in [4.69, 9.17) is 0 Å². The fourth-order valence-corrected chi connectivity index (χ4v) is 1.56. The lowest BCUT2D eigenvalue weighted by Crippen LogP contribution is -2.24. The van der Waals surface area contributed by atoms with E-state index in [1.54, 1.807) is 7.05 Å². The maximum atomic E-state index is 12.0. The molecule has 1 amide bonds. The zero-order valence-electron chi connectivity index (χ0n) is 10.5. The number of nitrogens with zero attached hydrogens (tertiary/aromatic N) is 3. The topological polar surface area (TPSA) is 123 Å². The molecule has 0 aliphatic carbocycles. The third-order valence-corrected chi connectivity index (χ3v) is 2.54. The molecule has 2 rings (SSSR count). The van der Waals surface area contributed by atoms with Crippen molar-refractivity contribution < 1.29 is 14.2 Å². The van der Waals surface area contributed by atoms with Crippen LogP contribution in [-0.2, 0) is 6.54 Å². The minimum Gasteiger partial charge on any atom is -0.388 e. The van der Waals surface area contributed by atoms with Crippen LogP contribution >= 0.6 is 0 Å². The number of anilines is 1. The first-order valence-corrected chi connectivity index (χ1v) is 5.61. The summed E-state index contributed by atoms with van der Waals surface area (Å²) in [6.45, 7) is 0.0241. The number of carbonyl (C=O) groups excluding carboxylic acids is 1. The lowest BCUT2D eigenvalue weighted by Gasteiger charge is -2.06. The minimum absolute atomic E-state index is 0.0241. The van der Waals surface area contributed by atoms with Crippen LogP contribution in [0.25, 0.3) is 0 Å². The molecule has 0 bridgehead atoms. The average molecular weight is 277 g/mol. The summed E-state index contributed by atoms with van der Waals surface area (Å²) in [6.07, 6.45) is 1.13. The van der Waals surface area contributed by atoms with Gasteiger partial charge in [0, 0.05) is 18.8 Å². The summed E-state index contributed by atoms with van der Waals surface area (Å²) in [5.74, 6) is -0.302. The fraction of sp³-hybridized carbons (Fsp3) is 0.182. The van der Waals surface area contributed by atoms with E-state index in [0.717, 1.165) is 6.39 Å². The molecule has 1 aromatic heterocycles. The Morgan fingerprint density at radius 2 is 2.30 bits per heavy atom. The molecule has 9 nitrogen and oxygen atoms in total. The lowest BCUT2D eigenvalue weighted by molar-refractivity contribution is -0.385. The summed E-state index contributed by atoms with van der Waals surface area (Å²) in [7, 11) is 1.65. The molecule has 0 spiro atoms. The Morgan fingerprint density at radius 1 is 1.50 bits per heavy atom. The average Bonchev–Trinajstić information content (AvgIpc) is 2.97. The van der Waals surface area contributed by atoms with Crippen molar-refractivity contribution in [3.05, 3.63) is 46.1 Å². The van der Waals surface area contributed by atoms with Gasteiger partial charge in [-0.25, -0.2) is 0 Å². The highest BCUT2D eigenvalue weighted by Crippen LogP contribution is 2.22. The van der Waals surface area contributed by atoms with Gasteiger partial charge in [-0.1, -0.05) is 5.16 Å². The Morgan fingerprint density at radius 3 is 2.90 bits per heavy atom. The molecular formula is C11H11N5O4. The molecule has 1 heterocycles. The molecule has 0 radical (unpaired) electrons. The number of hydrogen-bond donors (Lipinski definition) is 2. The predicted octanol–water partition coefficient (Wildman–Crippen LogP) is 0.949. The van der Waals surface area contributed by atoms with Gasteiger partial charge in [0.15, 0.2) is 5.82 Å². The fourth-order valence-electron chi connectivity index (χ4n) is 1.56. The first kappa shape index (κ1) is 13.5. The first-order chi connectivity index (χ1) is 9.61. The van der Waals surface area contributed by atoms with Gasteiger partial charge in [-0.3, -0.25) is 14.9 Å². The van der Waals surface area contributed by atoms with E-state index in [1.165, 1.54) is 18.2 Å². The van der Waals surface area contributed by atoms with Crippen LogP contribution in [0.5, 0.6) is 0 Å². The van der Waals surface area contributed by atoms with Crippen LogP contribution in [0.2, 0.25) is 0 Å². The number of benzene rings is 1. The van der Waals surface area contributed by atoms with Gasteiger partial charge in [0.25, 0.3) is 11.6 Å². The van der Waals surface area contributed by atoms with Crippen molar-refractivity contribution >= 4 is 17.3 Å². The van der Waals surface area contributed by atoms with Gasteiger partial charge in [-0.2, -0.15) is 4.98 Å². The van der Waals surface area contributed by atoms with Gasteiger partial charge < -0.3 is 15.2 Å². The Balaban J connectivity index is 2.20. The Hall–Kier alpha value is -2.97. The van der Waals surface area contributed by atoms with E-state index >= 15 is 0 Å².